The molecule has 0 aliphatic heterocycles. The third-order valence-electron chi connectivity index (χ3n) is 5.08. The first kappa shape index (κ1) is 17.3. The van der Waals surface area contributed by atoms with E-state index in [9.17, 15) is 10.3 Å². The number of benzene rings is 1. The molecule has 1 aromatic carbocycles. The molecular formula is C19H25ClN2O2. The highest BCUT2D eigenvalue weighted by atomic mass is 35.5. The third kappa shape index (κ3) is 3.60. The average Bonchev–Trinajstić information content (AvgIpc) is 2.78. The highest BCUT2D eigenvalue weighted by Gasteiger charge is 2.21. The van der Waals surface area contributed by atoms with Crippen molar-refractivity contribution in [2.45, 2.75) is 51.5 Å². The zero-order valence-electron chi connectivity index (χ0n) is 13.9. The van der Waals surface area contributed by atoms with Gasteiger partial charge in [0.25, 0.3) is 0 Å². The van der Waals surface area contributed by atoms with Gasteiger partial charge in [-0.3, -0.25) is 0 Å². The van der Waals surface area contributed by atoms with Crippen LogP contribution in [0.3, 0.4) is 0 Å². The molecular weight excluding hydrogens is 324 g/mol. The Hall–Kier alpha value is -1.52. The molecule has 0 saturated heterocycles. The van der Waals surface area contributed by atoms with E-state index in [1.54, 1.807) is 0 Å². The van der Waals surface area contributed by atoms with Crippen LogP contribution in [0.1, 0.15) is 50.5 Å². The Morgan fingerprint density at radius 2 is 1.96 bits per heavy atom. The molecule has 130 valence electrons. The van der Waals surface area contributed by atoms with Crippen molar-refractivity contribution >= 4 is 28.2 Å². The van der Waals surface area contributed by atoms with Crippen LogP contribution in [0.15, 0.2) is 29.6 Å². The number of halogens is 1. The Balaban J connectivity index is 1.96. The quantitative estimate of drug-likeness (QED) is 0.352. The Bertz CT molecular complexity index is 715. The maximum absolute atomic E-state index is 9.66. The van der Waals surface area contributed by atoms with E-state index in [1.807, 2.05) is 29.0 Å². The summed E-state index contributed by atoms with van der Waals surface area (Å²) in [6, 6.07) is 5.75. The fraction of sp³-hybridized carbons (Fsp3) is 0.526. The Morgan fingerprint density at radius 1 is 1.21 bits per heavy atom. The van der Waals surface area contributed by atoms with Gasteiger partial charge in [0, 0.05) is 23.7 Å². The summed E-state index contributed by atoms with van der Waals surface area (Å²) in [5.41, 5.74) is 2.56. The summed E-state index contributed by atoms with van der Waals surface area (Å²) in [7, 11) is 0. The molecule has 0 amide bonds. The van der Waals surface area contributed by atoms with Crippen molar-refractivity contribution in [1.82, 2.24) is 4.57 Å². The molecule has 0 radical (unpaired) electrons. The summed E-state index contributed by atoms with van der Waals surface area (Å²) < 4.78 is 1.98. The highest BCUT2D eigenvalue weighted by molar-refractivity contribution is 6.37. The van der Waals surface area contributed by atoms with Crippen molar-refractivity contribution in [3.8, 4) is 0 Å². The lowest BCUT2D eigenvalue weighted by Gasteiger charge is -2.14. The van der Waals surface area contributed by atoms with Gasteiger partial charge in [-0.2, -0.15) is 0 Å². The van der Waals surface area contributed by atoms with Gasteiger partial charge in [0.05, 0.1) is 22.9 Å². The number of hydrogen-bond donors (Lipinski definition) is 2. The minimum Gasteiger partial charge on any atom is -0.411 e. The summed E-state index contributed by atoms with van der Waals surface area (Å²) in [5, 5.41) is 24.2. The molecule has 2 N–H and O–H groups in total. The molecule has 1 aliphatic carbocycles. The molecule has 0 unspecified atom stereocenters. The smallest absolute Gasteiger partial charge is 0.0892 e. The minimum absolute atomic E-state index is 0.0595. The van der Waals surface area contributed by atoms with E-state index in [0.717, 1.165) is 22.9 Å². The molecule has 1 heterocycles. The fourth-order valence-electron chi connectivity index (χ4n) is 3.87. The van der Waals surface area contributed by atoms with Crippen LogP contribution in [-0.4, -0.2) is 27.2 Å². The molecule has 1 saturated carbocycles. The molecule has 0 atom stereocenters. The van der Waals surface area contributed by atoms with Crippen LogP contribution in [0.5, 0.6) is 0 Å². The fourth-order valence-corrected chi connectivity index (χ4v) is 4.14. The third-order valence-corrected chi connectivity index (χ3v) is 5.40. The summed E-state index contributed by atoms with van der Waals surface area (Å²) >= 11 is 6.43. The van der Waals surface area contributed by atoms with Crippen molar-refractivity contribution in [3.05, 3.63) is 35.0 Å². The van der Waals surface area contributed by atoms with Gasteiger partial charge in [0.1, 0.15) is 0 Å². The van der Waals surface area contributed by atoms with Gasteiger partial charge in [-0.05, 0) is 24.5 Å². The summed E-state index contributed by atoms with van der Waals surface area (Å²) in [6.07, 6.45) is 10.3. The van der Waals surface area contributed by atoms with Gasteiger partial charge in [0.2, 0.25) is 0 Å². The molecule has 0 bridgehead atoms. The van der Waals surface area contributed by atoms with Crippen LogP contribution in [-0.2, 0) is 6.54 Å². The topological polar surface area (TPSA) is 57.8 Å². The summed E-state index contributed by atoms with van der Waals surface area (Å²) in [6.45, 7) is 0.558. The SMILES string of the molecule is OCCn1cc(/C(CC2CCCCCC2)=N/O)c2c(Cl)cccc21. The van der Waals surface area contributed by atoms with Crippen molar-refractivity contribution in [2.24, 2.45) is 11.1 Å². The summed E-state index contributed by atoms with van der Waals surface area (Å²) in [4.78, 5) is 0. The van der Waals surface area contributed by atoms with Crippen molar-refractivity contribution in [2.75, 3.05) is 6.61 Å². The number of hydrogen-bond acceptors (Lipinski definition) is 3. The van der Waals surface area contributed by atoms with Crippen molar-refractivity contribution in [3.63, 3.8) is 0 Å². The number of nitrogens with zero attached hydrogens (tertiary/aromatic N) is 2. The number of rotatable bonds is 5. The number of aliphatic hydroxyl groups is 1. The Morgan fingerprint density at radius 3 is 2.62 bits per heavy atom. The van der Waals surface area contributed by atoms with E-state index in [-0.39, 0.29) is 6.61 Å². The van der Waals surface area contributed by atoms with Gasteiger partial charge in [0.15, 0.2) is 0 Å². The first-order valence-electron chi connectivity index (χ1n) is 8.84. The van der Waals surface area contributed by atoms with Crippen LogP contribution < -0.4 is 0 Å². The molecule has 5 heteroatoms. The van der Waals surface area contributed by atoms with Gasteiger partial charge in [-0.15, -0.1) is 0 Å². The van der Waals surface area contributed by atoms with Gasteiger partial charge in [-0.25, -0.2) is 0 Å². The number of aliphatic hydroxyl groups excluding tert-OH is 1. The predicted molar refractivity (Wildman–Crippen MR) is 98.2 cm³/mol. The van der Waals surface area contributed by atoms with Gasteiger partial charge < -0.3 is 14.9 Å². The predicted octanol–water partition coefficient (Wildman–Crippen LogP) is 4.83. The van der Waals surface area contributed by atoms with Crippen LogP contribution in [0, 0.1) is 5.92 Å². The monoisotopic (exact) mass is 348 g/mol. The van der Waals surface area contributed by atoms with E-state index in [1.165, 1.54) is 38.5 Å². The number of oxime groups is 1. The van der Waals surface area contributed by atoms with Gasteiger partial charge >= 0.3 is 0 Å². The summed E-state index contributed by atoms with van der Waals surface area (Å²) in [5.74, 6) is 0.567. The Labute approximate surface area is 147 Å². The molecule has 1 aliphatic rings. The number of aromatic nitrogens is 1. The lowest BCUT2D eigenvalue weighted by molar-refractivity contribution is 0.278. The van der Waals surface area contributed by atoms with Crippen molar-refractivity contribution < 1.29 is 10.3 Å². The normalized spacial score (nSPS) is 17.3. The average molecular weight is 349 g/mol. The van der Waals surface area contributed by atoms with E-state index in [2.05, 4.69) is 5.16 Å². The Kier molecular flexibility index (Phi) is 5.80. The maximum atomic E-state index is 9.66. The first-order chi connectivity index (χ1) is 11.7. The van der Waals surface area contributed by atoms with E-state index < -0.39 is 0 Å². The molecule has 1 aromatic heterocycles. The second kappa shape index (κ2) is 8.04. The van der Waals surface area contributed by atoms with Crippen LogP contribution in [0.25, 0.3) is 10.9 Å². The number of fused-ring (bicyclic) bond motifs is 1. The standard InChI is InChI=1S/C19H25ClN2O2/c20-16-8-5-9-18-19(16)15(13-22(18)10-11-23)17(21-24)12-14-6-3-1-2-4-7-14/h5,8-9,13-14,23-24H,1-4,6-7,10-12H2/b21-17+. The largest absolute Gasteiger partial charge is 0.411 e. The molecule has 3 rings (SSSR count). The van der Waals surface area contributed by atoms with E-state index in [4.69, 9.17) is 11.6 Å². The van der Waals surface area contributed by atoms with Gasteiger partial charge in [-0.1, -0.05) is 61.3 Å². The first-order valence-corrected chi connectivity index (χ1v) is 9.22. The van der Waals surface area contributed by atoms with E-state index in [0.29, 0.717) is 23.2 Å². The van der Waals surface area contributed by atoms with E-state index >= 15 is 0 Å². The highest BCUT2D eigenvalue weighted by Crippen LogP contribution is 2.32. The second-order valence-electron chi connectivity index (χ2n) is 6.70. The minimum atomic E-state index is 0.0595. The van der Waals surface area contributed by atoms with Crippen LogP contribution >= 0.6 is 11.6 Å². The zero-order valence-corrected chi connectivity index (χ0v) is 14.7. The lowest BCUT2D eigenvalue weighted by atomic mass is 9.91. The van der Waals surface area contributed by atoms with Crippen molar-refractivity contribution in [1.29, 1.82) is 0 Å². The molecule has 4 nitrogen and oxygen atoms in total. The molecule has 0 spiro atoms. The van der Waals surface area contributed by atoms with Crippen LogP contribution in [0.4, 0.5) is 0 Å². The zero-order chi connectivity index (χ0) is 16.9. The molecule has 24 heavy (non-hydrogen) atoms. The molecule has 2 aromatic rings. The maximum Gasteiger partial charge on any atom is 0.0892 e. The van der Waals surface area contributed by atoms with Crippen LogP contribution in [0.2, 0.25) is 5.02 Å². The second-order valence-corrected chi connectivity index (χ2v) is 7.11. The lowest BCUT2D eigenvalue weighted by Crippen LogP contribution is -2.10. The molecule has 1 fully saturated rings.